The molecule has 2 heterocycles. The van der Waals surface area contributed by atoms with Gasteiger partial charge in [0.1, 0.15) is 0 Å². The van der Waals surface area contributed by atoms with Gasteiger partial charge in [-0.15, -0.1) is 11.8 Å². The van der Waals surface area contributed by atoms with Crippen LogP contribution in [0.4, 0.5) is 18.9 Å². The number of hydrogen-bond acceptors (Lipinski definition) is 3. The lowest BCUT2D eigenvalue weighted by Gasteiger charge is -2.31. The summed E-state index contributed by atoms with van der Waals surface area (Å²) in [6, 6.07) is 4.59. The molecule has 3 aliphatic rings. The third-order valence-corrected chi connectivity index (χ3v) is 6.12. The Bertz CT molecular complexity index is 848. The molecule has 4 rings (SSSR count). The lowest BCUT2D eigenvalue weighted by molar-refractivity contribution is -0.148. The summed E-state index contributed by atoms with van der Waals surface area (Å²) in [4.78, 5) is 26.9. The maximum Gasteiger partial charge on any atom is 0.416 e. The predicted molar refractivity (Wildman–Crippen MR) is 90.2 cm³/mol. The molecule has 0 saturated carbocycles. The zero-order valence-electron chi connectivity index (χ0n) is 13.3. The second-order valence-electron chi connectivity index (χ2n) is 6.59. The topological polar surface area (TPSA) is 57.6 Å². The number of nitrogens with zero attached hydrogens (tertiary/aromatic N) is 1. The van der Waals surface area contributed by atoms with Gasteiger partial charge in [0.05, 0.1) is 17.4 Å². The van der Waals surface area contributed by atoms with Crippen LogP contribution in [0.2, 0.25) is 0 Å². The van der Waals surface area contributed by atoms with E-state index >= 15 is 0 Å². The van der Waals surface area contributed by atoms with Crippen LogP contribution in [0.15, 0.2) is 46.7 Å². The van der Waals surface area contributed by atoms with E-state index in [2.05, 4.69) is 0 Å². The largest absolute Gasteiger partial charge is 0.481 e. The average Bonchev–Trinajstić information content (AvgIpc) is 3.16. The van der Waals surface area contributed by atoms with Crippen LogP contribution in [0.5, 0.6) is 0 Å². The number of hydrogen-bond donors (Lipinski definition) is 1. The van der Waals surface area contributed by atoms with E-state index < -0.39 is 35.5 Å². The molecule has 1 saturated heterocycles. The molecule has 0 spiro atoms. The molecule has 0 bridgehead atoms. The number of carbonyl (C=O) groups is 2. The Hall–Kier alpha value is -2.22. The lowest BCUT2D eigenvalue weighted by Crippen LogP contribution is -2.39. The normalized spacial score (nSPS) is 30.2. The van der Waals surface area contributed by atoms with Gasteiger partial charge < -0.3 is 10.0 Å². The molecular weight excluding hydrogens is 367 g/mol. The van der Waals surface area contributed by atoms with Crippen molar-refractivity contribution in [3.8, 4) is 0 Å². The second kappa shape index (κ2) is 5.90. The number of fused-ring (bicyclic) bond motifs is 2. The van der Waals surface area contributed by atoms with Gasteiger partial charge in [-0.05, 0) is 28.5 Å². The summed E-state index contributed by atoms with van der Waals surface area (Å²) < 4.78 is 38.9. The Morgan fingerprint density at radius 3 is 2.77 bits per heavy atom. The molecule has 1 aromatic rings. The van der Waals surface area contributed by atoms with Gasteiger partial charge in [-0.2, -0.15) is 13.2 Å². The molecule has 0 aromatic heterocycles. The van der Waals surface area contributed by atoms with Crippen LogP contribution in [-0.2, 0) is 15.8 Å². The summed E-state index contributed by atoms with van der Waals surface area (Å²) in [6.45, 7) is 0.186. The summed E-state index contributed by atoms with van der Waals surface area (Å²) in [5.74, 6) is -3.81. The Labute approximate surface area is 151 Å². The number of thioether (sulfide) groups is 1. The van der Waals surface area contributed by atoms with E-state index in [1.807, 2.05) is 11.5 Å². The maximum absolute atomic E-state index is 13.0. The number of allylic oxidation sites excluding steroid dienone is 2. The number of carbonyl (C=O) groups excluding carboxylic acids is 1. The number of anilines is 1. The van der Waals surface area contributed by atoms with Crippen LogP contribution >= 0.6 is 11.8 Å². The molecule has 0 unspecified atom stereocenters. The zero-order chi connectivity index (χ0) is 18.6. The molecule has 2 aliphatic heterocycles. The first-order valence-electron chi connectivity index (χ1n) is 8.04. The lowest BCUT2D eigenvalue weighted by atomic mass is 9.71. The van der Waals surface area contributed by atoms with Crippen LogP contribution in [0.3, 0.4) is 0 Å². The van der Waals surface area contributed by atoms with Crippen molar-refractivity contribution in [3.05, 3.63) is 52.3 Å². The van der Waals surface area contributed by atoms with Crippen molar-refractivity contribution >= 4 is 29.3 Å². The van der Waals surface area contributed by atoms with Gasteiger partial charge in [-0.1, -0.05) is 18.2 Å². The van der Waals surface area contributed by atoms with Crippen LogP contribution < -0.4 is 4.90 Å². The van der Waals surface area contributed by atoms with Crippen molar-refractivity contribution in [3.63, 3.8) is 0 Å². The van der Waals surface area contributed by atoms with Gasteiger partial charge >= 0.3 is 12.1 Å². The van der Waals surface area contributed by atoms with Crippen LogP contribution in [0.25, 0.3) is 0 Å². The summed E-state index contributed by atoms with van der Waals surface area (Å²) >= 11 is 1.44. The molecule has 1 aromatic carbocycles. The number of benzene rings is 1. The fourth-order valence-corrected chi connectivity index (χ4v) is 5.04. The number of rotatable bonds is 2. The Kier molecular flexibility index (Phi) is 3.91. The molecule has 8 heteroatoms. The third kappa shape index (κ3) is 2.63. The number of carboxylic acid groups (broad SMARTS) is 1. The average molecular weight is 381 g/mol. The molecule has 136 valence electrons. The predicted octanol–water partition coefficient (Wildman–Crippen LogP) is 3.76. The molecular formula is C18H14F3NO3S. The van der Waals surface area contributed by atoms with Gasteiger partial charge in [0.2, 0.25) is 5.91 Å². The monoisotopic (exact) mass is 381 g/mol. The van der Waals surface area contributed by atoms with Crippen LogP contribution in [-0.4, -0.2) is 23.5 Å². The van der Waals surface area contributed by atoms with Gasteiger partial charge in [0.25, 0.3) is 0 Å². The molecule has 1 amide bonds. The number of alkyl halides is 3. The maximum atomic E-state index is 13.0. The van der Waals surface area contributed by atoms with E-state index in [1.165, 1.54) is 28.8 Å². The van der Waals surface area contributed by atoms with Gasteiger partial charge in [0, 0.05) is 24.1 Å². The van der Waals surface area contributed by atoms with Crippen LogP contribution in [0, 0.1) is 23.7 Å². The number of amides is 1. The number of carboxylic acids is 1. The molecule has 26 heavy (non-hydrogen) atoms. The Morgan fingerprint density at radius 2 is 2.08 bits per heavy atom. The molecule has 4 nitrogen and oxygen atoms in total. The van der Waals surface area contributed by atoms with Crippen molar-refractivity contribution in [2.75, 3.05) is 11.4 Å². The first kappa shape index (κ1) is 17.2. The highest BCUT2D eigenvalue weighted by atomic mass is 32.2. The number of aliphatic carboxylic acids is 1. The fraction of sp³-hybridized carbons (Fsp3) is 0.333. The quantitative estimate of drug-likeness (QED) is 0.848. The highest BCUT2D eigenvalue weighted by Crippen LogP contribution is 2.51. The van der Waals surface area contributed by atoms with E-state index in [4.69, 9.17) is 0 Å². The highest BCUT2D eigenvalue weighted by Gasteiger charge is 2.53. The van der Waals surface area contributed by atoms with Crippen LogP contribution in [0.1, 0.15) is 5.56 Å². The smallest absolute Gasteiger partial charge is 0.416 e. The molecule has 4 atom stereocenters. The minimum Gasteiger partial charge on any atom is -0.481 e. The van der Waals surface area contributed by atoms with E-state index in [-0.39, 0.29) is 24.1 Å². The molecule has 1 fully saturated rings. The summed E-state index contributed by atoms with van der Waals surface area (Å²) in [5, 5.41) is 11.5. The first-order valence-corrected chi connectivity index (χ1v) is 8.92. The molecule has 1 aliphatic carbocycles. The second-order valence-corrected chi connectivity index (χ2v) is 7.57. The summed E-state index contributed by atoms with van der Waals surface area (Å²) in [6.07, 6.45) is -0.813. The summed E-state index contributed by atoms with van der Waals surface area (Å²) in [7, 11) is 0. The number of halogens is 3. The van der Waals surface area contributed by atoms with Crippen molar-refractivity contribution in [2.24, 2.45) is 23.7 Å². The minimum absolute atomic E-state index is 0.148. The van der Waals surface area contributed by atoms with E-state index in [0.29, 0.717) is 0 Å². The summed E-state index contributed by atoms with van der Waals surface area (Å²) in [5.41, 5.74) is -0.684. The van der Waals surface area contributed by atoms with E-state index in [0.717, 1.165) is 17.0 Å². The highest BCUT2D eigenvalue weighted by molar-refractivity contribution is 8.06. The Morgan fingerprint density at radius 1 is 1.31 bits per heavy atom. The third-order valence-electron chi connectivity index (χ3n) is 5.15. The zero-order valence-corrected chi connectivity index (χ0v) is 14.1. The van der Waals surface area contributed by atoms with Crippen molar-refractivity contribution in [2.45, 2.75) is 6.18 Å². The van der Waals surface area contributed by atoms with Gasteiger partial charge in [0.15, 0.2) is 0 Å². The Balaban J connectivity index is 1.70. The standard InChI is InChI=1S/C18H14F3NO3S/c19-18(20,21)10-2-1-3-11(7-10)22-8-9-6-13-12(4-5-26-13)15(17(24)25)14(9)16(22)23/h1-7,9,12,14-15H,8H2,(H,24,25)/t9-,12-,14-,15+/m0/s1. The molecule has 0 radical (unpaired) electrons. The van der Waals surface area contributed by atoms with E-state index in [1.54, 1.807) is 6.08 Å². The minimum atomic E-state index is -4.50. The SMILES string of the molecule is O=C(O)[C@H]1[C@H]2C(=O)N(c3cccc(C(F)(F)F)c3)C[C@@H]2C=C2SC=C[C@@H]21. The first-order chi connectivity index (χ1) is 12.3. The van der Waals surface area contributed by atoms with Gasteiger partial charge in [-0.3, -0.25) is 9.59 Å². The van der Waals surface area contributed by atoms with Gasteiger partial charge in [-0.25, -0.2) is 0 Å². The van der Waals surface area contributed by atoms with Crippen molar-refractivity contribution in [1.82, 2.24) is 0 Å². The van der Waals surface area contributed by atoms with Crippen molar-refractivity contribution < 1.29 is 27.9 Å². The van der Waals surface area contributed by atoms with Crippen molar-refractivity contribution in [1.29, 1.82) is 0 Å². The van der Waals surface area contributed by atoms with E-state index in [9.17, 15) is 27.9 Å². The fourth-order valence-electron chi connectivity index (χ4n) is 4.00. The molecule has 1 N–H and O–H groups in total.